The fourth-order valence-electron chi connectivity index (χ4n) is 9.95. The van der Waals surface area contributed by atoms with Crippen LogP contribution in [-0.2, 0) is 89.6 Å². The van der Waals surface area contributed by atoms with Gasteiger partial charge in [0, 0.05) is 50.8 Å². The summed E-state index contributed by atoms with van der Waals surface area (Å²) in [7, 11) is 0. The van der Waals surface area contributed by atoms with Crippen molar-refractivity contribution >= 4 is 107 Å². The van der Waals surface area contributed by atoms with Crippen molar-refractivity contribution in [3.8, 4) is 0 Å². The van der Waals surface area contributed by atoms with E-state index < -0.39 is 213 Å². The number of H-pyrrole nitrogens is 1. The van der Waals surface area contributed by atoms with Gasteiger partial charge in [-0.2, -0.15) is 0 Å². The van der Waals surface area contributed by atoms with Crippen LogP contribution in [0.5, 0.6) is 0 Å². The van der Waals surface area contributed by atoms with Crippen molar-refractivity contribution in [2.45, 2.75) is 158 Å². The number of carbonyl (C=O) groups excluding carboxylic acids is 13. The Morgan fingerprint density at radius 2 is 1.11 bits per heavy atom. The van der Waals surface area contributed by atoms with Crippen LogP contribution in [0.2, 0.25) is 0 Å². The Balaban J connectivity index is 1.78. The Hall–Kier alpha value is -11.6. The van der Waals surface area contributed by atoms with E-state index in [1.807, 2.05) is 0 Å². The number of nitrogens with zero attached hydrogens (tertiary/aromatic N) is 4. The molecule has 562 valence electrons. The summed E-state index contributed by atoms with van der Waals surface area (Å²) >= 11 is 0. The molecular weight excluding hydrogens is 1350 g/mol. The van der Waals surface area contributed by atoms with Crippen LogP contribution in [0.25, 0.3) is 0 Å². The predicted octanol–water partition coefficient (Wildman–Crippen LogP) is -9.81. The van der Waals surface area contributed by atoms with Crippen molar-refractivity contribution in [3.63, 3.8) is 0 Å². The SMILES string of the molecule is CC[C@H](C)[C@H](NC(=O)[C@H](CC(N)=O)NC(=O)[C@H](CCC(=O)O)NC(=O)[C@H](Cc1ccccc1)NC(=O)[C@H](CO)NC(=O)CNC(=O)CNC(=O)[C@H](Cc1cnc[nH]1)NC(=O)[C@H](CCCN=C(N)N)NC(=O)[C@H](CC(=O)O)NC(=O)[C@@H](N)CCCN=C(N)N)C(=O)N1CCC[C@H]1C(=O)NCC(=O)O. The van der Waals surface area contributed by atoms with Gasteiger partial charge in [0.15, 0.2) is 11.9 Å². The first-order chi connectivity index (χ1) is 48.2. The highest BCUT2D eigenvalue weighted by Gasteiger charge is 2.41. The third-order valence-corrected chi connectivity index (χ3v) is 15.5. The lowest BCUT2D eigenvalue weighted by molar-refractivity contribution is -0.144. The minimum Gasteiger partial charge on any atom is -0.481 e. The molecule has 102 heavy (non-hydrogen) atoms. The molecular formula is C60H92N22O20. The van der Waals surface area contributed by atoms with Crippen molar-refractivity contribution < 1.29 is 97.1 Å². The zero-order valence-corrected chi connectivity index (χ0v) is 56.1. The number of primary amides is 1. The monoisotopic (exact) mass is 1440 g/mol. The van der Waals surface area contributed by atoms with Crippen LogP contribution < -0.4 is 92.9 Å². The number of aliphatic imine (C=N–C) groups is 2. The van der Waals surface area contributed by atoms with Gasteiger partial charge in [0.1, 0.15) is 60.9 Å². The fraction of sp³-hybridized carbons (Fsp3) is 0.550. The second-order valence-electron chi connectivity index (χ2n) is 23.5. The second kappa shape index (κ2) is 43.7. The molecule has 1 fully saturated rings. The van der Waals surface area contributed by atoms with E-state index in [0.717, 1.165) is 0 Å². The van der Waals surface area contributed by atoms with E-state index in [1.54, 1.807) is 44.2 Å². The first-order valence-corrected chi connectivity index (χ1v) is 32.2. The molecule has 28 N–H and O–H groups in total. The normalized spacial score (nSPS) is 15.3. The maximum atomic E-state index is 14.3. The molecule has 13 amide bonds. The molecule has 3 rings (SSSR count). The average Bonchev–Trinajstić information content (AvgIpc) is 1.59. The molecule has 1 saturated heterocycles. The van der Waals surface area contributed by atoms with Crippen LogP contribution in [0, 0.1) is 5.92 Å². The number of carboxylic acid groups (broad SMARTS) is 3. The van der Waals surface area contributed by atoms with Crippen molar-refractivity contribution in [3.05, 3.63) is 54.1 Å². The summed E-state index contributed by atoms with van der Waals surface area (Å²) < 4.78 is 0. The van der Waals surface area contributed by atoms with Gasteiger partial charge in [-0.05, 0) is 56.4 Å². The summed E-state index contributed by atoms with van der Waals surface area (Å²) in [6.45, 7) is -0.250. The van der Waals surface area contributed by atoms with Gasteiger partial charge in [-0.25, -0.2) is 4.98 Å². The number of hydrogen-bond acceptors (Lipinski definition) is 21. The molecule has 0 spiro atoms. The smallest absolute Gasteiger partial charge is 0.322 e. The maximum Gasteiger partial charge on any atom is 0.322 e. The summed E-state index contributed by atoms with van der Waals surface area (Å²) in [4.78, 5) is 227. The molecule has 0 aliphatic carbocycles. The lowest BCUT2D eigenvalue weighted by Crippen LogP contribution is -2.61. The highest BCUT2D eigenvalue weighted by Crippen LogP contribution is 2.22. The van der Waals surface area contributed by atoms with Gasteiger partial charge >= 0.3 is 17.9 Å². The number of carbonyl (C=O) groups is 16. The average molecular weight is 1440 g/mol. The number of nitrogens with one attached hydrogen (secondary N) is 12. The lowest BCUT2D eigenvalue weighted by Gasteiger charge is -2.32. The van der Waals surface area contributed by atoms with Crippen molar-refractivity contribution in [1.29, 1.82) is 0 Å². The molecule has 0 saturated carbocycles. The van der Waals surface area contributed by atoms with E-state index in [-0.39, 0.29) is 88.6 Å². The van der Waals surface area contributed by atoms with E-state index >= 15 is 0 Å². The van der Waals surface area contributed by atoms with Gasteiger partial charge in [-0.15, -0.1) is 0 Å². The number of aliphatic hydroxyl groups excluding tert-OH is 1. The second-order valence-corrected chi connectivity index (χ2v) is 23.5. The van der Waals surface area contributed by atoms with Gasteiger partial charge in [0.05, 0.1) is 44.9 Å². The summed E-state index contributed by atoms with van der Waals surface area (Å²) in [5, 5.41) is 64.2. The first-order valence-electron chi connectivity index (χ1n) is 32.2. The summed E-state index contributed by atoms with van der Waals surface area (Å²) in [6.07, 6.45) is -0.583. The molecule has 0 unspecified atom stereocenters. The Morgan fingerprint density at radius 1 is 0.578 bits per heavy atom. The van der Waals surface area contributed by atoms with Crippen LogP contribution in [0.4, 0.5) is 0 Å². The number of rotatable bonds is 46. The molecule has 1 aromatic carbocycles. The minimum absolute atomic E-state index is 0.0189. The topological polar surface area (TPSA) is 699 Å². The van der Waals surface area contributed by atoms with Crippen LogP contribution in [0.15, 0.2) is 52.8 Å². The number of aliphatic hydroxyl groups is 1. The van der Waals surface area contributed by atoms with E-state index in [1.165, 1.54) is 17.4 Å². The number of guanidine groups is 2. The largest absolute Gasteiger partial charge is 0.481 e. The molecule has 1 aliphatic rings. The first kappa shape index (κ1) is 84.6. The van der Waals surface area contributed by atoms with Crippen molar-refractivity contribution in [2.75, 3.05) is 45.9 Å². The fourth-order valence-corrected chi connectivity index (χ4v) is 9.95. The number of benzene rings is 1. The van der Waals surface area contributed by atoms with Crippen LogP contribution in [-0.4, -0.2) is 248 Å². The zero-order valence-electron chi connectivity index (χ0n) is 56.1. The number of likely N-dealkylation sites (tertiary alicyclic amines) is 1. The van der Waals surface area contributed by atoms with Crippen LogP contribution in [0.1, 0.15) is 95.7 Å². The standard InChI is InChI=1S/C60H92N22O20/c1-3-30(2)48(58(102)82-19-9-14-41(82)57(101)72-27-47(91)92)81-55(99)38(22-42(62)84)80-52(96)35(15-16-45(87)88)76-53(97)36(20-31-10-5-4-6-11-31)78-56(100)40(28-83)74-44(86)26-70-43(85)25-71-50(94)37(21-32-24-67-29-73-32)79-51(95)34(13-8-18-69-60(65)66)75-54(98)39(23-46(89)90)77-49(93)33(61)12-7-17-68-59(63)64/h4-6,10-11,24,29-30,33-41,48,83H,3,7-9,12-23,25-28,61H2,1-2H3,(H2,62,84)(H,67,73)(H,70,85)(H,71,94)(H,72,101)(H,74,86)(H,75,98)(H,76,97)(H,77,93)(H,78,100)(H,79,95)(H,80,96)(H,81,99)(H,87,88)(H,89,90)(H,91,92)(H4,63,64,68)(H4,65,66,69)/t30-,33-,34-,35-,36-,37-,38-,39-,40-,41-,48-/m0/s1. The number of aliphatic carboxylic acids is 3. The Labute approximate surface area is 583 Å². The number of amides is 13. The number of aromatic nitrogens is 2. The van der Waals surface area contributed by atoms with Crippen molar-refractivity contribution in [1.82, 2.24) is 73.4 Å². The highest BCUT2D eigenvalue weighted by atomic mass is 16.4. The van der Waals surface area contributed by atoms with E-state index in [9.17, 15) is 92.0 Å². The number of aromatic amines is 1. The van der Waals surface area contributed by atoms with Crippen LogP contribution >= 0.6 is 0 Å². The third-order valence-electron chi connectivity index (χ3n) is 15.5. The zero-order chi connectivity index (χ0) is 76.2. The Kier molecular flexibility index (Phi) is 36.3. The molecule has 42 heteroatoms. The Bertz CT molecular complexity index is 3310. The van der Waals surface area contributed by atoms with Gasteiger partial charge in [-0.3, -0.25) is 86.7 Å². The van der Waals surface area contributed by atoms with Gasteiger partial charge in [-0.1, -0.05) is 50.6 Å². The maximum absolute atomic E-state index is 14.3. The molecule has 42 nitrogen and oxygen atoms in total. The molecule has 0 bridgehead atoms. The third kappa shape index (κ3) is 31.1. The summed E-state index contributed by atoms with van der Waals surface area (Å²) in [5.41, 5.74) is 33.6. The van der Waals surface area contributed by atoms with Gasteiger partial charge < -0.3 is 123 Å². The molecule has 0 radical (unpaired) electrons. The molecule has 2 aromatic rings. The van der Waals surface area contributed by atoms with Gasteiger partial charge in [0.25, 0.3) is 0 Å². The Morgan fingerprint density at radius 3 is 1.67 bits per heavy atom. The molecule has 11 atom stereocenters. The molecule has 1 aromatic heterocycles. The van der Waals surface area contributed by atoms with E-state index in [0.29, 0.717) is 12.0 Å². The number of hydrogen-bond donors (Lipinski definition) is 22. The van der Waals surface area contributed by atoms with E-state index in [4.69, 9.17) is 39.5 Å². The summed E-state index contributed by atoms with van der Waals surface area (Å²) in [5.74, 6) is -19.1. The lowest BCUT2D eigenvalue weighted by atomic mass is 9.96. The van der Waals surface area contributed by atoms with Crippen LogP contribution in [0.3, 0.4) is 0 Å². The molecule has 2 heterocycles. The summed E-state index contributed by atoms with van der Waals surface area (Å²) in [6, 6.07) is -8.01. The number of nitrogens with two attached hydrogens (primary N) is 6. The van der Waals surface area contributed by atoms with E-state index in [2.05, 4.69) is 78.4 Å². The minimum atomic E-state index is -1.87. The highest BCUT2D eigenvalue weighted by molar-refractivity contribution is 6.00. The number of imidazole rings is 1. The van der Waals surface area contributed by atoms with Crippen molar-refractivity contribution in [2.24, 2.45) is 50.3 Å². The quantitative estimate of drug-likeness (QED) is 0.0166. The van der Waals surface area contributed by atoms with Gasteiger partial charge in [0.2, 0.25) is 76.8 Å². The predicted molar refractivity (Wildman–Crippen MR) is 357 cm³/mol. The number of carboxylic acids is 3. The molecule has 1 aliphatic heterocycles.